The number of aliphatic hydroxyl groups excluding tert-OH is 1. The second-order valence-electron chi connectivity index (χ2n) is 6.70. The van der Waals surface area contributed by atoms with E-state index >= 15 is 0 Å². The first kappa shape index (κ1) is 17.8. The van der Waals surface area contributed by atoms with Crippen LogP contribution in [-0.2, 0) is 6.42 Å². The van der Waals surface area contributed by atoms with Crippen LogP contribution in [0.1, 0.15) is 55.2 Å². The van der Waals surface area contributed by atoms with Gasteiger partial charge in [-0.05, 0) is 67.4 Å². The van der Waals surface area contributed by atoms with Crippen molar-refractivity contribution in [1.29, 1.82) is 0 Å². The number of hydrogen-bond acceptors (Lipinski definition) is 2. The van der Waals surface area contributed by atoms with Crippen LogP contribution in [0.5, 0.6) is 5.75 Å². The van der Waals surface area contributed by atoms with Gasteiger partial charge >= 0.3 is 0 Å². The monoisotopic (exact) mass is 336 g/mol. The Hall–Kier alpha value is -2.06. The molecule has 0 radical (unpaired) electrons. The third-order valence-electron chi connectivity index (χ3n) is 4.82. The minimum atomic E-state index is 0.292. The molecule has 0 bridgehead atoms. The summed E-state index contributed by atoms with van der Waals surface area (Å²) in [6.07, 6.45) is 9.85. The van der Waals surface area contributed by atoms with Gasteiger partial charge in [-0.25, -0.2) is 0 Å². The number of unbranched alkanes of at least 4 members (excludes halogenated alkanes) is 3. The van der Waals surface area contributed by atoms with Crippen LogP contribution in [0.3, 0.4) is 0 Å². The standard InChI is InChI=1S/C23H28O2/c24-16-6-1-2-7-17-25-23-15-9-13-20-12-8-14-21(18-22(20)23)19-10-4-3-5-11-19/h3-5,9-11,13,15,18,24H,1-2,6-8,12,14,16-17H2. The average molecular weight is 336 g/mol. The van der Waals surface area contributed by atoms with E-state index in [0.29, 0.717) is 6.61 Å². The topological polar surface area (TPSA) is 29.5 Å². The number of fused-ring (bicyclic) bond motifs is 1. The molecule has 2 nitrogen and oxygen atoms in total. The Morgan fingerprint density at radius 3 is 2.52 bits per heavy atom. The molecule has 0 aliphatic heterocycles. The Balaban J connectivity index is 1.74. The molecule has 0 unspecified atom stereocenters. The quantitative estimate of drug-likeness (QED) is 0.645. The van der Waals surface area contributed by atoms with Gasteiger partial charge in [-0.15, -0.1) is 0 Å². The fourth-order valence-electron chi connectivity index (χ4n) is 3.44. The lowest BCUT2D eigenvalue weighted by molar-refractivity contribution is 0.273. The second kappa shape index (κ2) is 9.43. The average Bonchev–Trinajstić information content (AvgIpc) is 2.88. The van der Waals surface area contributed by atoms with Crippen LogP contribution in [0.4, 0.5) is 0 Å². The molecule has 1 N–H and O–H groups in total. The third-order valence-corrected chi connectivity index (χ3v) is 4.82. The first-order chi connectivity index (χ1) is 12.4. The first-order valence-electron chi connectivity index (χ1n) is 9.50. The van der Waals surface area contributed by atoms with Crippen LogP contribution in [-0.4, -0.2) is 18.3 Å². The Kier molecular flexibility index (Phi) is 6.70. The molecule has 2 aromatic carbocycles. The fraction of sp³-hybridized carbons (Fsp3) is 0.391. The molecule has 132 valence electrons. The van der Waals surface area contributed by atoms with E-state index in [2.05, 4.69) is 54.6 Å². The van der Waals surface area contributed by atoms with Crippen molar-refractivity contribution in [2.24, 2.45) is 0 Å². The van der Waals surface area contributed by atoms with Gasteiger partial charge in [0.2, 0.25) is 0 Å². The van der Waals surface area contributed by atoms with Gasteiger partial charge in [-0.3, -0.25) is 0 Å². The Morgan fingerprint density at radius 2 is 1.68 bits per heavy atom. The smallest absolute Gasteiger partial charge is 0.126 e. The van der Waals surface area contributed by atoms with Gasteiger partial charge in [-0.1, -0.05) is 48.9 Å². The molecule has 1 aliphatic carbocycles. The van der Waals surface area contributed by atoms with Crippen molar-refractivity contribution in [3.05, 3.63) is 65.2 Å². The van der Waals surface area contributed by atoms with Crippen LogP contribution in [0, 0.1) is 0 Å². The van der Waals surface area contributed by atoms with Gasteiger partial charge in [0.1, 0.15) is 5.75 Å². The lowest BCUT2D eigenvalue weighted by Crippen LogP contribution is -2.01. The van der Waals surface area contributed by atoms with Gasteiger partial charge in [0.25, 0.3) is 0 Å². The molecule has 0 atom stereocenters. The summed E-state index contributed by atoms with van der Waals surface area (Å²) in [5.41, 5.74) is 5.37. The number of allylic oxidation sites excluding steroid dienone is 1. The fourth-order valence-corrected chi connectivity index (χ4v) is 3.44. The van der Waals surface area contributed by atoms with Crippen molar-refractivity contribution in [3.63, 3.8) is 0 Å². The maximum absolute atomic E-state index is 8.84. The van der Waals surface area contributed by atoms with Crippen LogP contribution < -0.4 is 4.74 Å². The van der Waals surface area contributed by atoms with Gasteiger partial charge < -0.3 is 9.84 Å². The van der Waals surface area contributed by atoms with E-state index in [1.165, 1.54) is 28.7 Å². The number of benzene rings is 2. The first-order valence-corrected chi connectivity index (χ1v) is 9.50. The molecule has 3 rings (SSSR count). The molecule has 0 spiro atoms. The van der Waals surface area contributed by atoms with Gasteiger partial charge in [-0.2, -0.15) is 0 Å². The number of aliphatic hydroxyl groups is 1. The number of ether oxygens (including phenoxy) is 1. The molecule has 0 saturated heterocycles. The van der Waals surface area contributed by atoms with E-state index in [1.807, 2.05) is 0 Å². The highest BCUT2D eigenvalue weighted by atomic mass is 16.5. The summed E-state index contributed by atoms with van der Waals surface area (Å²) in [6, 6.07) is 17.1. The molecule has 0 fully saturated rings. The number of rotatable bonds is 8. The van der Waals surface area contributed by atoms with Crippen LogP contribution in [0.15, 0.2) is 48.5 Å². The SMILES string of the molecule is OCCCCCCOc1cccc2c1C=C(c1ccccc1)CCC2. The lowest BCUT2D eigenvalue weighted by Gasteiger charge is -2.13. The molecule has 25 heavy (non-hydrogen) atoms. The summed E-state index contributed by atoms with van der Waals surface area (Å²) in [4.78, 5) is 0. The normalized spacial score (nSPS) is 13.7. The van der Waals surface area contributed by atoms with Crippen molar-refractivity contribution in [3.8, 4) is 5.75 Å². The largest absolute Gasteiger partial charge is 0.493 e. The molecule has 1 aliphatic rings. The van der Waals surface area contributed by atoms with Crippen LogP contribution in [0.2, 0.25) is 0 Å². The zero-order chi connectivity index (χ0) is 17.3. The van der Waals surface area contributed by atoms with Crippen molar-refractivity contribution < 1.29 is 9.84 Å². The highest BCUT2D eigenvalue weighted by molar-refractivity contribution is 5.84. The molecule has 2 aromatic rings. The van der Waals surface area contributed by atoms with Gasteiger partial charge in [0, 0.05) is 12.2 Å². The predicted octanol–water partition coefficient (Wildman–Crippen LogP) is 5.50. The Labute approximate surface area is 151 Å². The molecule has 0 amide bonds. The van der Waals surface area contributed by atoms with Crippen molar-refractivity contribution >= 4 is 11.6 Å². The molecule has 0 saturated carbocycles. The molecule has 0 heterocycles. The van der Waals surface area contributed by atoms with Gasteiger partial charge in [0.15, 0.2) is 0 Å². The lowest BCUT2D eigenvalue weighted by atomic mass is 10.0. The zero-order valence-corrected chi connectivity index (χ0v) is 14.9. The predicted molar refractivity (Wildman–Crippen MR) is 105 cm³/mol. The Morgan fingerprint density at radius 1 is 0.840 bits per heavy atom. The number of aryl methyl sites for hydroxylation is 1. The summed E-state index contributed by atoms with van der Waals surface area (Å²) in [6.45, 7) is 1.04. The molecule has 0 aromatic heterocycles. The minimum absolute atomic E-state index is 0.292. The summed E-state index contributed by atoms with van der Waals surface area (Å²) < 4.78 is 6.12. The van der Waals surface area contributed by atoms with E-state index in [-0.39, 0.29) is 0 Å². The van der Waals surface area contributed by atoms with E-state index in [4.69, 9.17) is 9.84 Å². The van der Waals surface area contributed by atoms with Crippen molar-refractivity contribution in [1.82, 2.24) is 0 Å². The summed E-state index contributed by atoms with van der Waals surface area (Å²) in [7, 11) is 0. The Bertz CT molecular complexity index is 688. The van der Waals surface area contributed by atoms with Crippen molar-refractivity contribution in [2.45, 2.75) is 44.9 Å². The zero-order valence-electron chi connectivity index (χ0n) is 14.9. The van der Waals surface area contributed by atoms with E-state index in [0.717, 1.165) is 50.9 Å². The third kappa shape index (κ3) is 4.96. The number of hydrogen-bond donors (Lipinski definition) is 1. The molecular weight excluding hydrogens is 308 g/mol. The molecule has 2 heteroatoms. The highest BCUT2D eigenvalue weighted by Crippen LogP contribution is 2.34. The molecular formula is C23H28O2. The van der Waals surface area contributed by atoms with Crippen LogP contribution in [0.25, 0.3) is 11.6 Å². The van der Waals surface area contributed by atoms with E-state index in [1.54, 1.807) is 0 Å². The van der Waals surface area contributed by atoms with E-state index in [9.17, 15) is 0 Å². The minimum Gasteiger partial charge on any atom is -0.493 e. The van der Waals surface area contributed by atoms with Crippen LogP contribution >= 0.6 is 0 Å². The maximum Gasteiger partial charge on any atom is 0.126 e. The summed E-state index contributed by atoms with van der Waals surface area (Å²) in [5.74, 6) is 1.01. The van der Waals surface area contributed by atoms with Crippen molar-refractivity contribution in [2.75, 3.05) is 13.2 Å². The van der Waals surface area contributed by atoms with E-state index < -0.39 is 0 Å². The summed E-state index contributed by atoms with van der Waals surface area (Å²) in [5, 5.41) is 8.84. The highest BCUT2D eigenvalue weighted by Gasteiger charge is 2.14. The maximum atomic E-state index is 8.84. The summed E-state index contributed by atoms with van der Waals surface area (Å²) >= 11 is 0. The van der Waals surface area contributed by atoms with Gasteiger partial charge in [0.05, 0.1) is 6.61 Å². The second-order valence-corrected chi connectivity index (χ2v) is 6.70.